The summed E-state index contributed by atoms with van der Waals surface area (Å²) in [7, 11) is 0. The van der Waals surface area contributed by atoms with Gasteiger partial charge in [0.15, 0.2) is 0 Å². The Kier molecular flexibility index (Phi) is 27.1. The highest BCUT2D eigenvalue weighted by atomic mass is 19.4. The van der Waals surface area contributed by atoms with Crippen molar-refractivity contribution in [2.24, 2.45) is 17.8 Å². The van der Waals surface area contributed by atoms with E-state index in [2.05, 4.69) is 9.47 Å². The van der Waals surface area contributed by atoms with Crippen molar-refractivity contribution in [1.29, 1.82) is 0 Å². The first-order valence-corrected chi connectivity index (χ1v) is 15.0. The summed E-state index contributed by atoms with van der Waals surface area (Å²) in [5.41, 5.74) is 0. The third-order valence-corrected chi connectivity index (χ3v) is 6.04. The smallest absolute Gasteiger partial charge is 0.375 e. The highest BCUT2D eigenvalue weighted by molar-refractivity contribution is 4.81. The van der Waals surface area contributed by atoms with E-state index in [4.69, 9.17) is 0 Å². The number of alkyl halides is 15. The van der Waals surface area contributed by atoms with E-state index in [9.17, 15) is 65.9 Å². The van der Waals surface area contributed by atoms with Crippen molar-refractivity contribution in [2.45, 2.75) is 150 Å². The molecule has 0 aromatic carbocycles. The van der Waals surface area contributed by atoms with Crippen LogP contribution in [0.1, 0.15) is 113 Å². The zero-order valence-electron chi connectivity index (χ0n) is 27.7. The minimum Gasteiger partial charge on any atom is -0.375 e. The number of unbranched alkanes of at least 4 members (excludes halogenated alkanes) is 1. The van der Waals surface area contributed by atoms with Crippen molar-refractivity contribution in [1.82, 2.24) is 0 Å². The molecule has 0 N–H and O–H groups in total. The van der Waals surface area contributed by atoms with Gasteiger partial charge in [0.25, 0.3) is 11.8 Å². The summed E-state index contributed by atoms with van der Waals surface area (Å²) in [6, 6.07) is 0. The fourth-order valence-electron chi connectivity index (χ4n) is 2.96. The minimum absolute atomic E-state index is 0.240. The van der Waals surface area contributed by atoms with Gasteiger partial charge >= 0.3 is 24.6 Å². The minimum atomic E-state index is -5.15. The van der Waals surface area contributed by atoms with Gasteiger partial charge in [0, 0.05) is 26.4 Å². The van der Waals surface area contributed by atoms with Crippen LogP contribution in [0.5, 0.6) is 0 Å². The van der Waals surface area contributed by atoms with E-state index in [1.165, 1.54) is 13.8 Å². The van der Waals surface area contributed by atoms with Crippen molar-refractivity contribution >= 4 is 0 Å². The van der Waals surface area contributed by atoms with Crippen LogP contribution in [0.25, 0.3) is 0 Å². The van der Waals surface area contributed by atoms with Gasteiger partial charge < -0.3 is 9.47 Å². The molecule has 0 aliphatic rings. The number of rotatable bonds is 16. The largest absolute Gasteiger partial charge is 0.397 e. The van der Waals surface area contributed by atoms with E-state index in [0.29, 0.717) is 19.4 Å². The van der Waals surface area contributed by atoms with Crippen LogP contribution in [-0.2, 0) is 9.47 Å². The van der Waals surface area contributed by atoms with Crippen LogP contribution < -0.4 is 0 Å². The quantitative estimate of drug-likeness (QED) is 0.117. The molecular weight excluding hydrogens is 665 g/mol. The predicted octanol–water partition coefficient (Wildman–Crippen LogP) is 13.0. The lowest BCUT2D eigenvalue weighted by atomic mass is 9.95. The van der Waals surface area contributed by atoms with Crippen LogP contribution in [-0.4, -0.2) is 56.3 Å². The molecule has 0 fully saturated rings. The molecule has 2 nitrogen and oxygen atoms in total. The Hall–Kier alpha value is -1.13. The lowest BCUT2D eigenvalue weighted by molar-refractivity contribution is -0.268. The Morgan fingerprint density at radius 1 is 0.522 bits per heavy atom. The first kappa shape index (κ1) is 51.7. The number of hydrogen-bond donors (Lipinski definition) is 0. The SMILES string of the molecule is CCC(F)(F)OCCC(C(F)(F)F)C(F)(F)CC.CCCC(C)C(F)(F)F.CCCCC(C)C(F)(F)F.CCCOCC(C)(F)F. The van der Waals surface area contributed by atoms with Crippen molar-refractivity contribution in [3.63, 3.8) is 0 Å². The molecule has 0 bridgehead atoms. The summed E-state index contributed by atoms with van der Waals surface area (Å²) in [6.45, 7) is 9.69. The van der Waals surface area contributed by atoms with Crippen LogP contribution in [0.4, 0.5) is 65.9 Å². The molecule has 0 amide bonds. The maximum absolute atomic E-state index is 13.1. The Labute approximate surface area is 263 Å². The molecule has 3 atom stereocenters. The second kappa shape index (κ2) is 24.1. The van der Waals surface area contributed by atoms with Crippen molar-refractivity contribution in [3.8, 4) is 0 Å². The topological polar surface area (TPSA) is 18.5 Å². The maximum Gasteiger partial charge on any atom is 0.397 e. The van der Waals surface area contributed by atoms with E-state index < -0.39 is 86.7 Å². The summed E-state index contributed by atoms with van der Waals surface area (Å²) >= 11 is 0. The van der Waals surface area contributed by atoms with Gasteiger partial charge in [0.2, 0.25) is 0 Å². The Morgan fingerprint density at radius 2 is 0.978 bits per heavy atom. The average Bonchev–Trinajstić information content (AvgIpc) is 2.88. The van der Waals surface area contributed by atoms with Gasteiger partial charge in [-0.15, -0.1) is 0 Å². The summed E-state index contributed by atoms with van der Waals surface area (Å²) in [5.74, 6) is -11.9. The molecule has 46 heavy (non-hydrogen) atoms. The van der Waals surface area contributed by atoms with Crippen molar-refractivity contribution in [3.05, 3.63) is 0 Å². The molecule has 284 valence electrons. The molecular formula is C29H51F15O2. The first-order valence-electron chi connectivity index (χ1n) is 15.0. The summed E-state index contributed by atoms with van der Waals surface area (Å²) in [4.78, 5) is 0. The van der Waals surface area contributed by atoms with E-state index in [1.54, 1.807) is 6.92 Å². The zero-order chi connectivity index (χ0) is 37.6. The number of halogens is 15. The molecule has 0 heterocycles. The molecule has 0 saturated heterocycles. The lowest BCUT2D eigenvalue weighted by Crippen LogP contribution is -2.40. The highest BCUT2D eigenvalue weighted by Gasteiger charge is 2.54. The van der Waals surface area contributed by atoms with E-state index in [0.717, 1.165) is 33.6 Å². The van der Waals surface area contributed by atoms with Gasteiger partial charge in [0.1, 0.15) is 12.5 Å². The Morgan fingerprint density at radius 3 is 1.26 bits per heavy atom. The molecule has 0 aliphatic carbocycles. The van der Waals surface area contributed by atoms with Crippen LogP contribution in [0, 0.1) is 17.8 Å². The van der Waals surface area contributed by atoms with E-state index >= 15 is 0 Å². The van der Waals surface area contributed by atoms with Gasteiger partial charge in [-0.25, -0.2) is 17.6 Å². The molecule has 17 heteroatoms. The second-order valence-corrected chi connectivity index (χ2v) is 10.8. The summed E-state index contributed by atoms with van der Waals surface area (Å²) in [5, 5.41) is 0. The van der Waals surface area contributed by atoms with Gasteiger partial charge in [-0.2, -0.15) is 48.3 Å². The second-order valence-electron chi connectivity index (χ2n) is 10.8. The van der Waals surface area contributed by atoms with Gasteiger partial charge in [0.05, 0.1) is 18.4 Å². The third-order valence-electron chi connectivity index (χ3n) is 6.04. The van der Waals surface area contributed by atoms with Crippen molar-refractivity contribution in [2.75, 3.05) is 19.8 Å². The summed E-state index contributed by atoms with van der Waals surface area (Å²) < 4.78 is 191. The molecule has 0 aromatic rings. The molecule has 3 unspecified atom stereocenters. The molecule has 0 aromatic heterocycles. The van der Waals surface area contributed by atoms with Crippen LogP contribution in [0.15, 0.2) is 0 Å². The molecule has 0 radical (unpaired) electrons. The molecule has 0 saturated carbocycles. The number of hydrogen-bond acceptors (Lipinski definition) is 2. The fraction of sp³-hybridized carbons (Fsp3) is 1.00. The molecule has 0 rings (SSSR count). The molecule has 0 spiro atoms. The predicted molar refractivity (Wildman–Crippen MR) is 147 cm³/mol. The van der Waals surface area contributed by atoms with Crippen molar-refractivity contribution < 1.29 is 75.3 Å². The third kappa shape index (κ3) is 31.5. The monoisotopic (exact) mass is 716 g/mol. The summed E-state index contributed by atoms with van der Waals surface area (Å²) in [6.07, 6.45) is -16.3. The van der Waals surface area contributed by atoms with E-state index in [1.807, 2.05) is 13.8 Å². The van der Waals surface area contributed by atoms with E-state index in [-0.39, 0.29) is 12.8 Å². The number of ether oxygens (including phenoxy) is 2. The van der Waals surface area contributed by atoms with Gasteiger partial charge in [-0.1, -0.05) is 67.7 Å². The maximum atomic E-state index is 13.1. The average molecular weight is 717 g/mol. The zero-order valence-corrected chi connectivity index (χ0v) is 27.7. The van der Waals surface area contributed by atoms with Gasteiger partial charge in [-0.3, -0.25) is 0 Å². The Bertz CT molecular complexity index is 701. The van der Waals surface area contributed by atoms with Crippen LogP contribution in [0.3, 0.4) is 0 Å². The molecule has 0 aliphatic heterocycles. The normalized spacial score (nSPS) is 14.9. The highest BCUT2D eigenvalue weighted by Crippen LogP contribution is 2.42. The fourth-order valence-corrected chi connectivity index (χ4v) is 2.96. The van der Waals surface area contributed by atoms with Gasteiger partial charge in [-0.05, 0) is 25.7 Å². The lowest BCUT2D eigenvalue weighted by Gasteiger charge is -2.28. The van der Waals surface area contributed by atoms with Crippen LogP contribution >= 0.6 is 0 Å². The Balaban J connectivity index is -0.000000271. The first-order chi connectivity index (χ1) is 20.5. The standard InChI is InChI=1S/C10H15F7O.C7H13F3.C6H11F3.C6H12F2O/c1-3-8(11,12)7(10(15,16)17)5-6-18-9(13,14)4-2;1-3-4-5-6(2)7(8,9)10;1-3-4-5(2)6(7,8)9;1-3-4-9-5-6(2,7)8/h7H,3-6H2,1-2H3;6H,3-5H2,1-2H3;5H,3-4H2,1-2H3;3-5H2,1-2H3. The van der Waals surface area contributed by atoms with Crippen LogP contribution in [0.2, 0.25) is 0 Å².